The first-order chi connectivity index (χ1) is 16.6. The largest absolute Gasteiger partial charge is 0.489 e. The van der Waals surface area contributed by atoms with Crippen molar-refractivity contribution in [1.29, 1.82) is 0 Å². The number of hydrogen-bond acceptors (Lipinski definition) is 6. The summed E-state index contributed by atoms with van der Waals surface area (Å²) in [6.45, 7) is 7.36. The van der Waals surface area contributed by atoms with E-state index in [0.29, 0.717) is 6.61 Å². The molecule has 2 atom stereocenters. The van der Waals surface area contributed by atoms with E-state index in [1.165, 1.54) is 11.1 Å². The number of anilines is 3. The van der Waals surface area contributed by atoms with Gasteiger partial charge in [-0.2, -0.15) is 0 Å². The van der Waals surface area contributed by atoms with Crippen LogP contribution in [-0.4, -0.2) is 31.8 Å². The second-order valence-electron chi connectivity index (χ2n) is 9.65. The Hall–Kier alpha value is -3.54. The lowest BCUT2D eigenvalue weighted by Crippen LogP contribution is -2.43. The van der Waals surface area contributed by atoms with Gasteiger partial charge in [0.1, 0.15) is 35.6 Å². The molecule has 3 aromatic carbocycles. The van der Waals surface area contributed by atoms with Crippen LogP contribution >= 0.6 is 0 Å². The minimum Gasteiger partial charge on any atom is -0.489 e. The van der Waals surface area contributed by atoms with Crippen LogP contribution in [0, 0.1) is 6.92 Å². The highest BCUT2D eigenvalue weighted by molar-refractivity contribution is 5.65. The van der Waals surface area contributed by atoms with Gasteiger partial charge in [0.05, 0.1) is 30.2 Å². The predicted octanol–water partition coefficient (Wildman–Crippen LogP) is 5.54. The van der Waals surface area contributed by atoms with Gasteiger partial charge in [0.2, 0.25) is 0 Å². The third-order valence-electron chi connectivity index (χ3n) is 7.09. The summed E-state index contributed by atoms with van der Waals surface area (Å²) in [5.41, 5.74) is 6.49. The van der Waals surface area contributed by atoms with Crippen LogP contribution in [0.15, 0.2) is 54.6 Å². The average Bonchev–Trinajstić information content (AvgIpc) is 2.87. The molecule has 0 aromatic heterocycles. The maximum absolute atomic E-state index is 6.51. The Bertz CT molecular complexity index is 1230. The zero-order valence-corrected chi connectivity index (χ0v) is 19.7. The fraction of sp³-hybridized carbons (Fsp3) is 0.357. The molecule has 3 aliphatic heterocycles. The number of fused-ring (bicyclic) bond motifs is 3. The van der Waals surface area contributed by atoms with E-state index < -0.39 is 0 Å². The summed E-state index contributed by atoms with van der Waals surface area (Å²) in [4.78, 5) is 0. The van der Waals surface area contributed by atoms with Crippen molar-refractivity contribution in [1.82, 2.24) is 0 Å². The lowest BCUT2D eigenvalue weighted by Gasteiger charge is -2.36. The number of benzene rings is 3. The molecule has 0 bridgehead atoms. The number of aryl methyl sites for hydroxylation is 1. The highest BCUT2D eigenvalue weighted by atomic mass is 16.5. The molecule has 0 spiro atoms. The molecule has 0 saturated carbocycles. The van der Waals surface area contributed by atoms with Gasteiger partial charge >= 0.3 is 0 Å². The van der Waals surface area contributed by atoms with E-state index in [0.717, 1.165) is 72.4 Å². The van der Waals surface area contributed by atoms with Gasteiger partial charge in [-0.05, 0) is 62.6 Å². The highest BCUT2D eigenvalue weighted by Crippen LogP contribution is 2.41. The molecule has 2 unspecified atom stereocenters. The van der Waals surface area contributed by atoms with Crippen molar-refractivity contribution in [2.45, 2.75) is 38.4 Å². The molecule has 6 nitrogen and oxygen atoms in total. The first-order valence-electron chi connectivity index (χ1n) is 12.1. The normalized spacial score (nSPS) is 22.2. The predicted molar refractivity (Wildman–Crippen MR) is 136 cm³/mol. The van der Waals surface area contributed by atoms with Crippen molar-refractivity contribution in [2.75, 3.05) is 42.2 Å². The van der Waals surface area contributed by atoms with Gasteiger partial charge in [-0.3, -0.25) is 0 Å². The van der Waals surface area contributed by atoms with Crippen molar-refractivity contribution in [2.24, 2.45) is 0 Å². The van der Waals surface area contributed by atoms with Crippen LogP contribution in [0.1, 0.15) is 36.1 Å². The second-order valence-corrected chi connectivity index (χ2v) is 9.65. The Morgan fingerprint density at radius 1 is 0.941 bits per heavy atom. The summed E-state index contributed by atoms with van der Waals surface area (Å²) < 4.78 is 18.8. The Kier molecular flexibility index (Phi) is 5.16. The topological polar surface area (TPSA) is 63.8 Å². The summed E-state index contributed by atoms with van der Waals surface area (Å²) in [7, 11) is 0. The van der Waals surface area contributed by atoms with Crippen molar-refractivity contribution in [3.63, 3.8) is 0 Å². The lowest BCUT2D eigenvalue weighted by molar-refractivity contribution is 0.0860. The van der Waals surface area contributed by atoms with Crippen molar-refractivity contribution >= 4 is 17.1 Å². The minimum absolute atomic E-state index is 0.0570. The van der Waals surface area contributed by atoms with E-state index in [-0.39, 0.29) is 11.7 Å². The van der Waals surface area contributed by atoms with E-state index in [9.17, 15) is 0 Å². The number of para-hydroxylation sites is 2. The zero-order valence-electron chi connectivity index (χ0n) is 19.7. The van der Waals surface area contributed by atoms with Gasteiger partial charge in [-0.25, -0.2) is 0 Å². The molecular weight excluding hydrogens is 426 g/mol. The Balaban J connectivity index is 1.17. The molecule has 0 radical (unpaired) electrons. The molecule has 0 aliphatic carbocycles. The van der Waals surface area contributed by atoms with Gasteiger partial charge in [-0.15, -0.1) is 0 Å². The fourth-order valence-corrected chi connectivity index (χ4v) is 5.09. The number of hydrogen-bond donors (Lipinski definition) is 3. The molecule has 0 fully saturated rings. The molecule has 0 amide bonds. The van der Waals surface area contributed by atoms with Gasteiger partial charge in [0, 0.05) is 17.7 Å². The second kappa shape index (κ2) is 8.35. The van der Waals surface area contributed by atoms with Crippen molar-refractivity contribution in [3.05, 3.63) is 71.3 Å². The van der Waals surface area contributed by atoms with Gasteiger partial charge < -0.3 is 30.2 Å². The van der Waals surface area contributed by atoms with Crippen LogP contribution in [0.3, 0.4) is 0 Å². The third kappa shape index (κ3) is 3.87. The quantitative estimate of drug-likeness (QED) is 0.478. The smallest absolute Gasteiger partial charge is 0.145 e. The maximum Gasteiger partial charge on any atom is 0.145 e. The van der Waals surface area contributed by atoms with E-state index in [4.69, 9.17) is 14.2 Å². The molecular formula is C28H31N3O3. The zero-order chi connectivity index (χ0) is 23.1. The van der Waals surface area contributed by atoms with Crippen LogP contribution in [0.5, 0.6) is 17.2 Å². The molecule has 3 heterocycles. The van der Waals surface area contributed by atoms with Gasteiger partial charge in [-0.1, -0.05) is 24.3 Å². The van der Waals surface area contributed by atoms with E-state index in [1.807, 2.05) is 18.2 Å². The standard InChI is InChI=1S/C28H31N3O3/c1-18-20(8-10-23-27(18)32-14-13-29-23)26-16-30-22-9-7-19(15-25(22)33-26)11-12-28(2)17-31-21-5-3-4-6-24(21)34-28/h3-10,15,26,29-31H,11-14,16-17H2,1-2H3. The highest BCUT2D eigenvalue weighted by Gasteiger charge is 2.31. The summed E-state index contributed by atoms with van der Waals surface area (Å²) in [6.07, 6.45) is 1.77. The molecule has 176 valence electrons. The summed E-state index contributed by atoms with van der Waals surface area (Å²) in [5.74, 6) is 2.78. The van der Waals surface area contributed by atoms with Gasteiger partial charge in [0.15, 0.2) is 0 Å². The van der Waals surface area contributed by atoms with Crippen LogP contribution < -0.4 is 30.2 Å². The maximum atomic E-state index is 6.51. The number of nitrogens with one attached hydrogen (secondary N) is 3. The summed E-state index contributed by atoms with van der Waals surface area (Å²) >= 11 is 0. The molecule has 0 saturated heterocycles. The van der Waals surface area contributed by atoms with Gasteiger partial charge in [0.25, 0.3) is 0 Å². The SMILES string of the molecule is Cc1c(C2CNc3ccc(CCC4(C)CNc5ccccc5O4)cc3O2)ccc2c1OCCN2. The van der Waals surface area contributed by atoms with E-state index >= 15 is 0 Å². The Morgan fingerprint density at radius 3 is 2.74 bits per heavy atom. The Morgan fingerprint density at radius 2 is 1.79 bits per heavy atom. The monoisotopic (exact) mass is 457 g/mol. The van der Waals surface area contributed by atoms with Crippen molar-refractivity contribution in [3.8, 4) is 17.2 Å². The first kappa shape index (κ1) is 21.0. The average molecular weight is 458 g/mol. The van der Waals surface area contributed by atoms with Crippen LogP contribution in [0.2, 0.25) is 0 Å². The van der Waals surface area contributed by atoms with Crippen LogP contribution in [0.25, 0.3) is 0 Å². The Labute approximate surface area is 200 Å². The molecule has 3 aliphatic rings. The number of ether oxygens (including phenoxy) is 3. The van der Waals surface area contributed by atoms with E-state index in [1.54, 1.807) is 0 Å². The third-order valence-corrected chi connectivity index (χ3v) is 7.09. The van der Waals surface area contributed by atoms with Crippen LogP contribution in [0.4, 0.5) is 17.1 Å². The van der Waals surface area contributed by atoms with Crippen molar-refractivity contribution < 1.29 is 14.2 Å². The molecule has 3 N–H and O–H groups in total. The fourth-order valence-electron chi connectivity index (χ4n) is 5.09. The molecule has 34 heavy (non-hydrogen) atoms. The minimum atomic E-state index is -0.250. The molecule has 3 aromatic rings. The molecule has 6 heteroatoms. The lowest BCUT2D eigenvalue weighted by atomic mass is 9.94. The first-order valence-corrected chi connectivity index (χ1v) is 12.1. The number of rotatable bonds is 4. The molecule has 6 rings (SSSR count). The summed E-state index contributed by atoms with van der Waals surface area (Å²) in [5, 5.41) is 10.5. The van der Waals surface area contributed by atoms with E-state index in [2.05, 4.69) is 66.2 Å². The van der Waals surface area contributed by atoms with Crippen LogP contribution in [-0.2, 0) is 6.42 Å². The summed E-state index contributed by atoms with van der Waals surface area (Å²) in [6, 6.07) is 18.9.